The maximum Gasteiger partial charge on any atom is 0.203 e. The first-order valence-corrected chi connectivity index (χ1v) is 12.2. The smallest absolute Gasteiger partial charge is 0.203 e. The monoisotopic (exact) mass is 492 g/mol. The van der Waals surface area contributed by atoms with Crippen molar-refractivity contribution in [2.45, 2.75) is 19.7 Å². The lowest BCUT2D eigenvalue weighted by molar-refractivity contribution is 0.121. The van der Waals surface area contributed by atoms with Gasteiger partial charge in [-0.05, 0) is 29.3 Å². The molecule has 0 radical (unpaired) electrons. The lowest BCUT2D eigenvalue weighted by Gasteiger charge is -2.35. The Kier molecular flexibility index (Phi) is 8.92. The molecule has 7 nitrogen and oxygen atoms in total. The quantitative estimate of drug-likeness (QED) is 0.387. The average molecular weight is 493 g/mol. The molecule has 1 fully saturated rings. The van der Waals surface area contributed by atoms with Crippen LogP contribution in [0, 0.1) is 0 Å². The fraction of sp³-hybridized carbons (Fsp3) is 0.379. The summed E-state index contributed by atoms with van der Waals surface area (Å²) in [7, 11) is 6.63. The van der Waals surface area contributed by atoms with Gasteiger partial charge in [-0.25, -0.2) is 0 Å². The summed E-state index contributed by atoms with van der Waals surface area (Å²) < 4.78 is 28.3. The van der Waals surface area contributed by atoms with Gasteiger partial charge in [0.25, 0.3) is 0 Å². The first-order valence-electron chi connectivity index (χ1n) is 12.2. The van der Waals surface area contributed by atoms with Crippen LogP contribution in [0.5, 0.6) is 28.7 Å². The van der Waals surface area contributed by atoms with Crippen LogP contribution in [0.25, 0.3) is 0 Å². The second-order valence-electron chi connectivity index (χ2n) is 8.81. The van der Waals surface area contributed by atoms with E-state index in [1.165, 1.54) is 5.56 Å². The standard InChI is InChI=1S/C29H36N2O5/c1-32-25-12-10-23(18-27(25)36-21-22-8-6-5-7-9-22)19-30-14-16-31(17-15-30)20-24-11-13-26(33-2)29(35-4)28(24)34-3/h5-13,18H,14-17,19-21H2,1-4H3. The molecule has 192 valence electrons. The molecule has 3 aromatic carbocycles. The Morgan fingerprint density at radius 1 is 0.583 bits per heavy atom. The minimum atomic E-state index is 0.513. The molecule has 1 saturated heterocycles. The molecule has 4 rings (SSSR count). The van der Waals surface area contributed by atoms with Crippen molar-refractivity contribution in [1.29, 1.82) is 0 Å². The van der Waals surface area contributed by atoms with Gasteiger partial charge in [0.05, 0.1) is 28.4 Å². The van der Waals surface area contributed by atoms with Crippen molar-refractivity contribution in [3.05, 3.63) is 77.4 Å². The zero-order valence-electron chi connectivity index (χ0n) is 21.7. The minimum absolute atomic E-state index is 0.513. The Morgan fingerprint density at radius 2 is 1.22 bits per heavy atom. The van der Waals surface area contributed by atoms with Crippen molar-refractivity contribution < 1.29 is 23.7 Å². The van der Waals surface area contributed by atoms with Crippen molar-refractivity contribution in [2.24, 2.45) is 0 Å². The Morgan fingerprint density at radius 3 is 1.86 bits per heavy atom. The van der Waals surface area contributed by atoms with Crippen LogP contribution in [0.4, 0.5) is 0 Å². The van der Waals surface area contributed by atoms with Gasteiger partial charge in [-0.2, -0.15) is 0 Å². The SMILES string of the molecule is COc1ccc(CN2CCN(Cc3ccc(OC)c(OC)c3OC)CC2)cc1OCc1ccccc1. The van der Waals surface area contributed by atoms with Crippen LogP contribution in [-0.4, -0.2) is 64.4 Å². The van der Waals surface area contributed by atoms with E-state index in [1.54, 1.807) is 28.4 Å². The summed E-state index contributed by atoms with van der Waals surface area (Å²) in [6.07, 6.45) is 0. The highest BCUT2D eigenvalue weighted by Gasteiger charge is 2.21. The largest absolute Gasteiger partial charge is 0.493 e. The van der Waals surface area contributed by atoms with Crippen LogP contribution in [-0.2, 0) is 19.7 Å². The van der Waals surface area contributed by atoms with Gasteiger partial charge in [0.1, 0.15) is 6.61 Å². The summed E-state index contributed by atoms with van der Waals surface area (Å²) in [6.45, 7) is 6.12. The Balaban J connectivity index is 1.34. The van der Waals surface area contributed by atoms with Gasteiger partial charge in [0.15, 0.2) is 23.0 Å². The molecular formula is C29H36N2O5. The van der Waals surface area contributed by atoms with Crippen molar-refractivity contribution >= 4 is 0 Å². The summed E-state index contributed by atoms with van der Waals surface area (Å²) in [5.74, 6) is 3.58. The molecule has 1 aliphatic rings. The molecule has 1 aliphatic heterocycles. The van der Waals surface area contributed by atoms with Crippen LogP contribution >= 0.6 is 0 Å². The molecule has 7 heteroatoms. The van der Waals surface area contributed by atoms with Crippen LogP contribution < -0.4 is 23.7 Å². The molecule has 3 aromatic rings. The van der Waals surface area contributed by atoms with E-state index in [0.717, 1.165) is 67.6 Å². The molecule has 0 saturated carbocycles. The fourth-order valence-electron chi connectivity index (χ4n) is 4.56. The third-order valence-electron chi connectivity index (χ3n) is 6.52. The van der Waals surface area contributed by atoms with Crippen LogP contribution in [0.3, 0.4) is 0 Å². The summed E-state index contributed by atoms with van der Waals surface area (Å²) in [4.78, 5) is 4.92. The van der Waals surface area contributed by atoms with E-state index in [-0.39, 0.29) is 0 Å². The maximum absolute atomic E-state index is 6.10. The first kappa shape index (κ1) is 25.7. The molecule has 0 bridgehead atoms. The van der Waals surface area contributed by atoms with Gasteiger partial charge in [-0.15, -0.1) is 0 Å². The van der Waals surface area contributed by atoms with E-state index < -0.39 is 0 Å². The van der Waals surface area contributed by atoms with Crippen LogP contribution in [0.1, 0.15) is 16.7 Å². The second kappa shape index (κ2) is 12.5. The molecule has 0 amide bonds. The normalized spacial score (nSPS) is 14.3. The Bertz CT molecular complexity index is 1110. The molecule has 0 unspecified atom stereocenters. The molecular weight excluding hydrogens is 456 g/mol. The fourth-order valence-corrected chi connectivity index (χ4v) is 4.56. The number of rotatable bonds is 11. The van der Waals surface area contributed by atoms with E-state index in [4.69, 9.17) is 23.7 Å². The zero-order chi connectivity index (χ0) is 25.3. The predicted octanol–water partition coefficient (Wildman–Crippen LogP) is 4.62. The number of hydrogen-bond acceptors (Lipinski definition) is 7. The van der Waals surface area contributed by atoms with E-state index in [1.807, 2.05) is 30.3 Å². The predicted molar refractivity (Wildman–Crippen MR) is 140 cm³/mol. The minimum Gasteiger partial charge on any atom is -0.493 e. The molecule has 0 N–H and O–H groups in total. The van der Waals surface area contributed by atoms with Gasteiger partial charge in [0.2, 0.25) is 5.75 Å². The summed E-state index contributed by atoms with van der Waals surface area (Å²) in [5.41, 5.74) is 3.44. The molecule has 1 heterocycles. The van der Waals surface area contributed by atoms with E-state index in [0.29, 0.717) is 18.1 Å². The summed E-state index contributed by atoms with van der Waals surface area (Å²) in [5, 5.41) is 0. The van der Waals surface area contributed by atoms with Crippen LogP contribution in [0.15, 0.2) is 60.7 Å². The number of benzene rings is 3. The van der Waals surface area contributed by atoms with E-state index in [2.05, 4.69) is 40.1 Å². The van der Waals surface area contributed by atoms with Gasteiger partial charge >= 0.3 is 0 Å². The Labute approximate surface area is 214 Å². The second-order valence-corrected chi connectivity index (χ2v) is 8.81. The van der Waals surface area contributed by atoms with Crippen molar-refractivity contribution in [1.82, 2.24) is 9.80 Å². The number of hydrogen-bond donors (Lipinski definition) is 0. The summed E-state index contributed by atoms with van der Waals surface area (Å²) in [6, 6.07) is 20.4. The number of ether oxygens (including phenoxy) is 5. The molecule has 0 aliphatic carbocycles. The van der Waals surface area contributed by atoms with E-state index in [9.17, 15) is 0 Å². The van der Waals surface area contributed by atoms with Gasteiger partial charge in [-0.3, -0.25) is 9.80 Å². The Hall–Kier alpha value is -3.42. The number of nitrogens with zero attached hydrogens (tertiary/aromatic N) is 2. The third kappa shape index (κ3) is 6.22. The highest BCUT2D eigenvalue weighted by atomic mass is 16.5. The van der Waals surface area contributed by atoms with E-state index >= 15 is 0 Å². The first-order chi connectivity index (χ1) is 17.6. The maximum atomic E-state index is 6.10. The third-order valence-corrected chi connectivity index (χ3v) is 6.52. The van der Waals surface area contributed by atoms with Crippen molar-refractivity contribution in [2.75, 3.05) is 54.6 Å². The lowest BCUT2D eigenvalue weighted by atomic mass is 10.1. The van der Waals surface area contributed by atoms with Crippen molar-refractivity contribution in [3.63, 3.8) is 0 Å². The topological polar surface area (TPSA) is 52.6 Å². The van der Waals surface area contributed by atoms with Gasteiger partial charge in [-0.1, -0.05) is 42.5 Å². The molecule has 0 aromatic heterocycles. The highest BCUT2D eigenvalue weighted by Crippen LogP contribution is 2.40. The van der Waals surface area contributed by atoms with Crippen LogP contribution in [0.2, 0.25) is 0 Å². The van der Waals surface area contributed by atoms with Gasteiger partial charge < -0.3 is 23.7 Å². The van der Waals surface area contributed by atoms with Crippen molar-refractivity contribution in [3.8, 4) is 28.7 Å². The van der Waals surface area contributed by atoms with Gasteiger partial charge in [0, 0.05) is 44.8 Å². The molecule has 0 spiro atoms. The highest BCUT2D eigenvalue weighted by molar-refractivity contribution is 5.55. The molecule has 0 atom stereocenters. The zero-order valence-corrected chi connectivity index (χ0v) is 21.7. The average Bonchev–Trinajstić information content (AvgIpc) is 2.93. The summed E-state index contributed by atoms with van der Waals surface area (Å²) >= 11 is 0. The lowest BCUT2D eigenvalue weighted by Crippen LogP contribution is -2.45. The number of methoxy groups -OCH3 is 4. The number of piperazine rings is 1. The molecule has 36 heavy (non-hydrogen) atoms.